The highest BCUT2D eigenvalue weighted by Crippen LogP contribution is 2.40. The normalized spacial score (nSPS) is 18.6. The van der Waals surface area contributed by atoms with Gasteiger partial charge in [0.1, 0.15) is 0 Å². The van der Waals surface area contributed by atoms with Crippen molar-refractivity contribution in [3.05, 3.63) is 44.9 Å². The van der Waals surface area contributed by atoms with Gasteiger partial charge < -0.3 is 0 Å². The molecule has 0 amide bonds. The third-order valence-electron chi connectivity index (χ3n) is 1.63. The lowest BCUT2D eigenvalue weighted by molar-refractivity contribution is -0.109. The summed E-state index contributed by atoms with van der Waals surface area (Å²) >= 11 is 0.762. The highest BCUT2D eigenvalue weighted by atomic mass is 33.1. The molecule has 88 valence electrons. The Morgan fingerprint density at radius 3 is 1.71 bits per heavy atom. The number of hydrogen-bond donors (Lipinski definition) is 0. The molecule has 2 aliphatic rings. The maximum atomic E-state index is 11.8. The Morgan fingerprint density at radius 2 is 1.35 bits per heavy atom. The van der Waals surface area contributed by atoms with Crippen LogP contribution in [0.1, 0.15) is 0 Å². The minimum absolute atomic E-state index is 0.182. The maximum absolute atomic E-state index is 11.8. The summed E-state index contributed by atoms with van der Waals surface area (Å²) < 4.78 is 0. The Hall–Kier alpha value is 0.0500. The summed E-state index contributed by atoms with van der Waals surface area (Å²) in [6, 6.07) is 0. The van der Waals surface area contributed by atoms with Crippen LogP contribution in [0.25, 0.3) is 0 Å². The Kier molecular flexibility index (Phi) is 5.43. The van der Waals surface area contributed by atoms with Gasteiger partial charge in [-0.1, -0.05) is 33.7 Å². The third-order valence-corrected chi connectivity index (χ3v) is 6.75. The van der Waals surface area contributed by atoms with E-state index in [1.165, 1.54) is 43.2 Å². The van der Waals surface area contributed by atoms with Crippen LogP contribution in [0.5, 0.6) is 0 Å². The summed E-state index contributed by atoms with van der Waals surface area (Å²) in [4.78, 5) is 24.8. The van der Waals surface area contributed by atoms with E-state index >= 15 is 0 Å². The summed E-state index contributed by atoms with van der Waals surface area (Å²) in [7, 11) is 5.73. The second-order valence-electron chi connectivity index (χ2n) is 2.75. The molecule has 0 atom stereocenters. The fourth-order valence-electron chi connectivity index (χ4n) is 0.921. The summed E-state index contributed by atoms with van der Waals surface area (Å²) in [6.07, 6.45) is 7.10. The van der Waals surface area contributed by atoms with Crippen LogP contribution in [0, 0.1) is 0 Å². The van der Waals surface area contributed by atoms with E-state index in [-0.39, 0.29) is 10.2 Å². The average molecular weight is 318 g/mol. The van der Waals surface area contributed by atoms with Crippen molar-refractivity contribution in [2.45, 2.75) is 0 Å². The molecule has 0 N–H and O–H groups in total. The van der Waals surface area contributed by atoms with Crippen molar-refractivity contribution in [2.75, 3.05) is 0 Å². The molecule has 0 fully saturated rings. The molecular formula is C10H6O2S5. The molecular weight excluding hydrogens is 312 g/mol. The van der Waals surface area contributed by atoms with Crippen LogP contribution in [0.15, 0.2) is 44.9 Å². The molecule has 7 heteroatoms. The molecule has 2 rings (SSSR count). The zero-order valence-corrected chi connectivity index (χ0v) is 12.4. The van der Waals surface area contributed by atoms with Gasteiger partial charge in [0.15, 0.2) is 0 Å². The first-order chi connectivity index (χ1) is 8.27. The number of rotatable bonds is 2. The van der Waals surface area contributed by atoms with Gasteiger partial charge in [0.2, 0.25) is 10.2 Å². The molecule has 0 spiro atoms. The first-order valence-electron chi connectivity index (χ1n) is 4.44. The van der Waals surface area contributed by atoms with E-state index in [0.29, 0.717) is 9.81 Å². The van der Waals surface area contributed by atoms with Crippen LogP contribution in [0.4, 0.5) is 0 Å². The van der Waals surface area contributed by atoms with E-state index in [1.807, 2.05) is 23.0 Å². The molecule has 17 heavy (non-hydrogen) atoms. The van der Waals surface area contributed by atoms with Gasteiger partial charge in [0.05, 0.1) is 9.81 Å². The lowest BCUT2D eigenvalue weighted by atomic mass is 10.5. The number of thioether (sulfide) groups is 1. The Balaban J connectivity index is 1.96. The van der Waals surface area contributed by atoms with Gasteiger partial charge in [-0.2, -0.15) is 0 Å². The van der Waals surface area contributed by atoms with E-state index in [4.69, 9.17) is 0 Å². The number of carbonyl (C=O) groups excluding carboxylic acids is 2. The van der Waals surface area contributed by atoms with Crippen molar-refractivity contribution in [1.29, 1.82) is 0 Å². The fourth-order valence-corrected chi connectivity index (χ4v) is 5.38. The van der Waals surface area contributed by atoms with Crippen molar-refractivity contribution in [1.82, 2.24) is 0 Å². The summed E-state index contributed by atoms with van der Waals surface area (Å²) in [6.45, 7) is 0. The monoisotopic (exact) mass is 318 g/mol. The van der Waals surface area contributed by atoms with Gasteiger partial charge in [0.25, 0.3) is 0 Å². The quantitative estimate of drug-likeness (QED) is 0.700. The van der Waals surface area contributed by atoms with E-state index in [9.17, 15) is 9.59 Å². The second kappa shape index (κ2) is 6.84. The summed E-state index contributed by atoms with van der Waals surface area (Å²) in [5.74, 6) is 0. The van der Waals surface area contributed by atoms with Crippen LogP contribution in [-0.4, -0.2) is 10.2 Å². The van der Waals surface area contributed by atoms with Gasteiger partial charge in [0, 0.05) is 0 Å². The smallest absolute Gasteiger partial charge is 0.234 e. The zero-order valence-electron chi connectivity index (χ0n) is 8.32. The molecule has 2 heterocycles. The van der Waals surface area contributed by atoms with Gasteiger partial charge >= 0.3 is 0 Å². The Labute approximate surface area is 119 Å². The average Bonchev–Trinajstić information content (AvgIpc) is 2.40. The maximum Gasteiger partial charge on any atom is 0.234 e. The molecule has 0 unspecified atom stereocenters. The van der Waals surface area contributed by atoms with Crippen LogP contribution in [0.3, 0.4) is 0 Å². The van der Waals surface area contributed by atoms with Crippen molar-refractivity contribution in [2.24, 2.45) is 0 Å². The van der Waals surface area contributed by atoms with Crippen LogP contribution >= 0.6 is 54.9 Å². The van der Waals surface area contributed by atoms with Gasteiger partial charge in [-0.25, -0.2) is 0 Å². The Bertz CT molecular complexity index is 419. The second-order valence-corrected chi connectivity index (χ2v) is 8.00. The number of allylic oxidation sites excluding steroid dienone is 4. The lowest BCUT2D eigenvalue weighted by Crippen LogP contribution is -2.02. The Morgan fingerprint density at radius 1 is 0.882 bits per heavy atom. The molecule has 0 aliphatic carbocycles. The summed E-state index contributed by atoms with van der Waals surface area (Å²) in [5.41, 5.74) is 0. The van der Waals surface area contributed by atoms with Crippen LogP contribution in [0.2, 0.25) is 0 Å². The minimum Gasteiger partial charge on any atom is -0.280 e. The predicted molar refractivity (Wildman–Crippen MR) is 82.4 cm³/mol. The van der Waals surface area contributed by atoms with Crippen molar-refractivity contribution in [3.8, 4) is 0 Å². The predicted octanol–water partition coefficient (Wildman–Crippen LogP) is 4.36. The van der Waals surface area contributed by atoms with Crippen molar-refractivity contribution in [3.63, 3.8) is 0 Å². The highest BCUT2D eigenvalue weighted by Gasteiger charge is 2.20. The molecule has 0 saturated carbocycles. The van der Waals surface area contributed by atoms with E-state index < -0.39 is 0 Å². The lowest BCUT2D eigenvalue weighted by Gasteiger charge is -2.07. The molecule has 0 saturated heterocycles. The van der Waals surface area contributed by atoms with E-state index in [1.54, 1.807) is 12.2 Å². The van der Waals surface area contributed by atoms with E-state index in [0.717, 1.165) is 11.8 Å². The molecule has 0 aromatic rings. The summed E-state index contributed by atoms with van der Waals surface area (Å²) in [5, 5.41) is 3.43. The minimum atomic E-state index is -0.182. The molecule has 0 bridgehead atoms. The molecule has 0 aromatic carbocycles. The first kappa shape index (κ1) is 13.5. The first-order valence-corrected chi connectivity index (χ1v) is 9.68. The molecule has 0 radical (unpaired) electrons. The fraction of sp³-hybridized carbons (Fsp3) is 0. The van der Waals surface area contributed by atoms with Crippen molar-refractivity contribution >= 4 is 65.2 Å². The zero-order chi connectivity index (χ0) is 12.1. The molecule has 2 aliphatic heterocycles. The SMILES string of the molecule is O=C(SC(=O)C1=CC=CSS1)C1=CC=CSS1. The number of hydrogen-bond acceptors (Lipinski definition) is 7. The van der Waals surface area contributed by atoms with Gasteiger partial charge in [-0.3, -0.25) is 9.59 Å². The van der Waals surface area contributed by atoms with Crippen LogP contribution in [-0.2, 0) is 9.59 Å². The van der Waals surface area contributed by atoms with Crippen molar-refractivity contribution < 1.29 is 9.59 Å². The van der Waals surface area contributed by atoms with Gasteiger partial charge in [-0.15, -0.1) is 0 Å². The third kappa shape index (κ3) is 4.03. The topological polar surface area (TPSA) is 34.1 Å². The molecule has 2 nitrogen and oxygen atoms in total. The highest BCUT2D eigenvalue weighted by molar-refractivity contribution is 8.80. The van der Waals surface area contributed by atoms with Crippen LogP contribution < -0.4 is 0 Å². The van der Waals surface area contributed by atoms with Gasteiger partial charge in [-0.05, 0) is 56.3 Å². The largest absolute Gasteiger partial charge is 0.280 e. The number of carbonyl (C=O) groups is 2. The van der Waals surface area contributed by atoms with E-state index in [2.05, 4.69) is 0 Å². The molecule has 0 aromatic heterocycles. The standard InChI is InChI=1S/C10H6O2S5/c11-9(7-3-1-5-13-16-7)15-10(12)8-4-2-6-14-17-8/h1-6H.